The van der Waals surface area contributed by atoms with Gasteiger partial charge in [-0.3, -0.25) is 0 Å². The zero-order valence-electron chi connectivity index (χ0n) is 7.05. The van der Waals surface area contributed by atoms with Gasteiger partial charge in [0, 0.05) is 7.11 Å². The summed E-state index contributed by atoms with van der Waals surface area (Å²) >= 11 is 0. The van der Waals surface area contributed by atoms with Gasteiger partial charge in [0.05, 0.1) is 6.61 Å². The van der Waals surface area contributed by atoms with Crippen LogP contribution in [0.4, 0.5) is 0 Å². The van der Waals surface area contributed by atoms with E-state index in [1.165, 1.54) is 0 Å². The highest BCUT2D eigenvalue weighted by Crippen LogP contribution is 2.35. The molecule has 0 aromatic carbocycles. The number of hydrogen-bond acceptors (Lipinski definition) is 3. The van der Waals surface area contributed by atoms with E-state index in [9.17, 15) is 4.79 Å². The topological polar surface area (TPSA) is 35.5 Å². The molecule has 3 heteroatoms. The lowest BCUT2D eigenvalue weighted by atomic mass is 9.80. The predicted octanol–water partition coefficient (Wildman–Crippen LogP) is 1.12. The minimum atomic E-state index is -0.587. The third-order valence-corrected chi connectivity index (χ3v) is 2.20. The lowest BCUT2D eigenvalue weighted by Crippen LogP contribution is -2.48. The monoisotopic (exact) mass is 158 g/mol. The molecule has 1 rings (SSSR count). The number of ether oxygens (including phenoxy) is 2. The Balaban J connectivity index is 2.47. The summed E-state index contributed by atoms with van der Waals surface area (Å²) in [6, 6.07) is 0. The molecule has 0 spiro atoms. The summed E-state index contributed by atoms with van der Waals surface area (Å²) in [5, 5.41) is 0. The average Bonchev–Trinajstić information content (AvgIpc) is 1.87. The van der Waals surface area contributed by atoms with Crippen molar-refractivity contribution < 1.29 is 14.3 Å². The van der Waals surface area contributed by atoms with Gasteiger partial charge < -0.3 is 9.47 Å². The number of carbonyl (C=O) groups excluding carboxylic acids is 1. The molecular weight excluding hydrogens is 144 g/mol. The Morgan fingerprint density at radius 2 is 2.18 bits per heavy atom. The van der Waals surface area contributed by atoms with Crippen LogP contribution < -0.4 is 0 Å². The normalized spacial score (nSPS) is 20.5. The molecular formula is C8H14O3. The maximum atomic E-state index is 11.2. The van der Waals surface area contributed by atoms with Gasteiger partial charge in [0.2, 0.25) is 0 Å². The fraction of sp³-hybridized carbons (Fsp3) is 0.875. The summed E-state index contributed by atoms with van der Waals surface area (Å²) in [6.07, 6.45) is 2.68. The number of esters is 1. The van der Waals surface area contributed by atoms with Crippen LogP contribution in [-0.4, -0.2) is 25.3 Å². The van der Waals surface area contributed by atoms with Crippen LogP contribution in [0.15, 0.2) is 0 Å². The van der Waals surface area contributed by atoms with Gasteiger partial charge in [0.1, 0.15) is 0 Å². The Hall–Kier alpha value is -0.570. The third kappa shape index (κ3) is 1.38. The number of methoxy groups -OCH3 is 1. The van der Waals surface area contributed by atoms with Crippen molar-refractivity contribution in [1.29, 1.82) is 0 Å². The first-order valence-corrected chi connectivity index (χ1v) is 3.97. The molecule has 0 amide bonds. The highest BCUT2D eigenvalue weighted by Gasteiger charge is 2.45. The summed E-state index contributed by atoms with van der Waals surface area (Å²) in [6.45, 7) is 2.24. The molecule has 1 fully saturated rings. The second kappa shape index (κ2) is 3.22. The van der Waals surface area contributed by atoms with E-state index in [2.05, 4.69) is 0 Å². The van der Waals surface area contributed by atoms with Crippen molar-refractivity contribution in [3.8, 4) is 0 Å². The predicted molar refractivity (Wildman–Crippen MR) is 40.2 cm³/mol. The maximum Gasteiger partial charge on any atom is 0.338 e. The molecule has 0 bridgehead atoms. The van der Waals surface area contributed by atoms with Crippen LogP contribution in [0.2, 0.25) is 0 Å². The van der Waals surface area contributed by atoms with Gasteiger partial charge in [-0.25, -0.2) is 4.79 Å². The summed E-state index contributed by atoms with van der Waals surface area (Å²) in [5.74, 6) is -0.200. The molecule has 1 aliphatic carbocycles. The van der Waals surface area contributed by atoms with Crippen LogP contribution in [0.3, 0.4) is 0 Å². The molecule has 0 aliphatic heterocycles. The Labute approximate surface area is 66.7 Å². The van der Waals surface area contributed by atoms with Crippen molar-refractivity contribution in [2.24, 2.45) is 0 Å². The van der Waals surface area contributed by atoms with E-state index in [0.29, 0.717) is 6.61 Å². The van der Waals surface area contributed by atoms with E-state index in [4.69, 9.17) is 9.47 Å². The molecule has 1 saturated carbocycles. The molecule has 64 valence electrons. The van der Waals surface area contributed by atoms with Crippen molar-refractivity contribution in [2.45, 2.75) is 31.8 Å². The van der Waals surface area contributed by atoms with Gasteiger partial charge in [0.15, 0.2) is 5.60 Å². The second-order valence-corrected chi connectivity index (χ2v) is 2.77. The quantitative estimate of drug-likeness (QED) is 0.577. The SMILES string of the molecule is CCOC(=O)C1(OC)CCC1. The number of rotatable bonds is 3. The van der Waals surface area contributed by atoms with Crippen molar-refractivity contribution >= 4 is 5.97 Å². The van der Waals surface area contributed by atoms with E-state index < -0.39 is 5.60 Å². The van der Waals surface area contributed by atoms with Crippen molar-refractivity contribution in [3.63, 3.8) is 0 Å². The van der Waals surface area contributed by atoms with Crippen LogP contribution >= 0.6 is 0 Å². The van der Waals surface area contributed by atoms with Crippen LogP contribution in [0, 0.1) is 0 Å². The number of carbonyl (C=O) groups is 1. The minimum Gasteiger partial charge on any atom is -0.464 e. The van der Waals surface area contributed by atoms with Crippen LogP contribution in [0.1, 0.15) is 26.2 Å². The molecule has 0 N–H and O–H groups in total. The minimum absolute atomic E-state index is 0.200. The summed E-state index contributed by atoms with van der Waals surface area (Å²) < 4.78 is 9.99. The van der Waals surface area contributed by atoms with E-state index in [1.54, 1.807) is 14.0 Å². The molecule has 0 heterocycles. The van der Waals surface area contributed by atoms with Crippen LogP contribution in [0.25, 0.3) is 0 Å². The Morgan fingerprint density at radius 1 is 1.55 bits per heavy atom. The first-order valence-electron chi connectivity index (χ1n) is 3.97. The number of hydrogen-bond donors (Lipinski definition) is 0. The highest BCUT2D eigenvalue weighted by molar-refractivity contribution is 5.80. The molecule has 0 aromatic rings. The molecule has 0 radical (unpaired) electrons. The Bertz CT molecular complexity index is 144. The highest BCUT2D eigenvalue weighted by atomic mass is 16.6. The van der Waals surface area contributed by atoms with Gasteiger partial charge in [-0.05, 0) is 26.2 Å². The summed E-state index contributed by atoms with van der Waals surface area (Å²) in [4.78, 5) is 11.2. The van der Waals surface area contributed by atoms with Gasteiger partial charge in [-0.1, -0.05) is 0 Å². The van der Waals surface area contributed by atoms with E-state index in [0.717, 1.165) is 19.3 Å². The largest absolute Gasteiger partial charge is 0.464 e. The molecule has 0 aromatic heterocycles. The summed E-state index contributed by atoms with van der Waals surface area (Å²) in [5.41, 5.74) is -0.587. The first kappa shape index (κ1) is 8.53. The van der Waals surface area contributed by atoms with E-state index >= 15 is 0 Å². The van der Waals surface area contributed by atoms with Crippen LogP contribution in [0.5, 0.6) is 0 Å². The molecule has 0 atom stereocenters. The van der Waals surface area contributed by atoms with Crippen molar-refractivity contribution in [3.05, 3.63) is 0 Å². The second-order valence-electron chi connectivity index (χ2n) is 2.77. The Morgan fingerprint density at radius 3 is 2.45 bits per heavy atom. The van der Waals surface area contributed by atoms with Gasteiger partial charge in [0.25, 0.3) is 0 Å². The van der Waals surface area contributed by atoms with Crippen molar-refractivity contribution in [1.82, 2.24) is 0 Å². The third-order valence-electron chi connectivity index (χ3n) is 2.20. The zero-order valence-corrected chi connectivity index (χ0v) is 7.05. The first-order chi connectivity index (χ1) is 5.25. The molecule has 11 heavy (non-hydrogen) atoms. The standard InChI is InChI=1S/C8H14O3/c1-3-11-7(9)8(10-2)5-4-6-8/h3-6H2,1-2H3. The van der Waals surface area contributed by atoms with E-state index in [-0.39, 0.29) is 5.97 Å². The molecule has 0 unspecified atom stereocenters. The lowest BCUT2D eigenvalue weighted by molar-refractivity contribution is -0.179. The average molecular weight is 158 g/mol. The fourth-order valence-electron chi connectivity index (χ4n) is 1.25. The van der Waals surface area contributed by atoms with E-state index in [1.807, 2.05) is 0 Å². The van der Waals surface area contributed by atoms with Crippen molar-refractivity contribution in [2.75, 3.05) is 13.7 Å². The summed E-state index contributed by atoms with van der Waals surface area (Å²) in [7, 11) is 1.57. The fourth-order valence-corrected chi connectivity index (χ4v) is 1.25. The molecule has 3 nitrogen and oxygen atoms in total. The molecule has 0 saturated heterocycles. The van der Waals surface area contributed by atoms with Gasteiger partial charge in [-0.2, -0.15) is 0 Å². The smallest absolute Gasteiger partial charge is 0.338 e. The van der Waals surface area contributed by atoms with Gasteiger partial charge >= 0.3 is 5.97 Å². The van der Waals surface area contributed by atoms with Crippen LogP contribution in [-0.2, 0) is 14.3 Å². The lowest BCUT2D eigenvalue weighted by Gasteiger charge is -2.37. The maximum absolute atomic E-state index is 11.2. The van der Waals surface area contributed by atoms with Gasteiger partial charge in [-0.15, -0.1) is 0 Å². The Kier molecular flexibility index (Phi) is 2.49. The zero-order chi connectivity index (χ0) is 8.32. The molecule has 1 aliphatic rings.